The molecule has 0 saturated heterocycles. The van der Waals surface area contributed by atoms with Crippen LogP contribution in [0.2, 0.25) is 0 Å². The fourth-order valence-corrected chi connectivity index (χ4v) is 2.91. The van der Waals surface area contributed by atoms with Crippen LogP contribution in [0.15, 0.2) is 24.3 Å². The fourth-order valence-electron chi connectivity index (χ4n) is 2.91. The molecule has 2 atom stereocenters. The van der Waals surface area contributed by atoms with E-state index in [-0.39, 0.29) is 17.5 Å². The van der Waals surface area contributed by atoms with Gasteiger partial charge in [0, 0.05) is 24.6 Å². The largest absolute Gasteiger partial charge is 0.356 e. The molecule has 1 amide bonds. The van der Waals surface area contributed by atoms with E-state index in [9.17, 15) is 14.9 Å². The maximum absolute atomic E-state index is 12.1. The number of non-ortho nitro benzene ring substituents is 1. The Morgan fingerprint density at radius 1 is 1.33 bits per heavy atom. The maximum atomic E-state index is 12.1. The molecule has 1 fully saturated rings. The van der Waals surface area contributed by atoms with Crippen molar-refractivity contribution in [3.05, 3.63) is 39.9 Å². The molecule has 21 heavy (non-hydrogen) atoms. The van der Waals surface area contributed by atoms with Crippen LogP contribution in [-0.4, -0.2) is 23.9 Å². The topological polar surface area (TPSA) is 98.3 Å². The van der Waals surface area contributed by atoms with Crippen LogP contribution in [-0.2, 0) is 11.2 Å². The van der Waals surface area contributed by atoms with E-state index in [4.69, 9.17) is 5.73 Å². The summed E-state index contributed by atoms with van der Waals surface area (Å²) < 4.78 is 0. The van der Waals surface area contributed by atoms with Gasteiger partial charge in [0.2, 0.25) is 5.91 Å². The summed E-state index contributed by atoms with van der Waals surface area (Å²) in [5, 5.41) is 13.5. The molecule has 2 unspecified atom stereocenters. The third-order valence-corrected chi connectivity index (χ3v) is 4.16. The molecule has 0 radical (unpaired) electrons. The van der Waals surface area contributed by atoms with Crippen LogP contribution in [0.25, 0.3) is 0 Å². The van der Waals surface area contributed by atoms with Crippen LogP contribution in [0.4, 0.5) is 5.69 Å². The highest BCUT2D eigenvalue weighted by Gasteiger charge is 2.31. The summed E-state index contributed by atoms with van der Waals surface area (Å²) in [5.41, 5.74) is 6.74. The molecule has 1 aliphatic rings. The summed E-state index contributed by atoms with van der Waals surface area (Å²) in [6.45, 7) is 1.12. The first-order valence-electron chi connectivity index (χ1n) is 7.33. The van der Waals surface area contributed by atoms with Crippen LogP contribution < -0.4 is 11.1 Å². The molecule has 0 spiro atoms. The molecule has 1 aromatic carbocycles. The molecule has 1 saturated carbocycles. The molecular weight excluding hydrogens is 270 g/mol. The van der Waals surface area contributed by atoms with Gasteiger partial charge < -0.3 is 11.1 Å². The van der Waals surface area contributed by atoms with E-state index in [0.717, 1.165) is 24.8 Å². The highest BCUT2D eigenvalue weighted by Crippen LogP contribution is 2.30. The van der Waals surface area contributed by atoms with Crippen LogP contribution in [0.5, 0.6) is 0 Å². The molecule has 6 nitrogen and oxygen atoms in total. The highest BCUT2D eigenvalue weighted by molar-refractivity contribution is 5.79. The second-order valence-electron chi connectivity index (χ2n) is 5.50. The normalized spacial score (nSPS) is 21.2. The van der Waals surface area contributed by atoms with E-state index >= 15 is 0 Å². The Labute approximate surface area is 123 Å². The zero-order valence-corrected chi connectivity index (χ0v) is 12.0. The summed E-state index contributed by atoms with van der Waals surface area (Å²) in [5.74, 6) is 0.445. The second kappa shape index (κ2) is 7.17. The fraction of sp³-hybridized carbons (Fsp3) is 0.533. The first-order valence-corrected chi connectivity index (χ1v) is 7.33. The first-order chi connectivity index (χ1) is 10.1. The minimum atomic E-state index is -0.418. The highest BCUT2D eigenvalue weighted by atomic mass is 16.6. The van der Waals surface area contributed by atoms with Gasteiger partial charge in [-0.2, -0.15) is 0 Å². The number of carbonyl (C=O) groups is 1. The number of benzene rings is 1. The number of carbonyl (C=O) groups excluding carboxylic acids is 1. The maximum Gasteiger partial charge on any atom is 0.269 e. The van der Waals surface area contributed by atoms with Crippen molar-refractivity contribution >= 4 is 11.6 Å². The predicted octanol–water partition coefficient (Wildman–Crippen LogP) is 1.63. The van der Waals surface area contributed by atoms with Crippen molar-refractivity contribution in [1.29, 1.82) is 0 Å². The first kappa shape index (κ1) is 15.4. The van der Waals surface area contributed by atoms with E-state index in [1.807, 2.05) is 0 Å². The number of nitrogens with zero attached hydrogens (tertiary/aromatic N) is 1. The van der Waals surface area contributed by atoms with Gasteiger partial charge in [0.15, 0.2) is 0 Å². The van der Waals surface area contributed by atoms with E-state index in [1.165, 1.54) is 12.1 Å². The minimum Gasteiger partial charge on any atom is -0.356 e. The molecule has 0 aromatic heterocycles. The van der Waals surface area contributed by atoms with Gasteiger partial charge in [-0.05, 0) is 37.3 Å². The smallest absolute Gasteiger partial charge is 0.269 e. The van der Waals surface area contributed by atoms with Crippen molar-refractivity contribution in [1.82, 2.24) is 5.32 Å². The Kier molecular flexibility index (Phi) is 5.27. The Hall–Kier alpha value is -1.95. The quantitative estimate of drug-likeness (QED) is 0.614. The van der Waals surface area contributed by atoms with Crippen LogP contribution in [0.3, 0.4) is 0 Å². The summed E-state index contributed by atoms with van der Waals surface area (Å²) in [6.07, 6.45) is 3.70. The molecule has 1 aromatic rings. The van der Waals surface area contributed by atoms with Crippen molar-refractivity contribution in [2.75, 3.05) is 13.1 Å². The van der Waals surface area contributed by atoms with Gasteiger partial charge in [-0.15, -0.1) is 0 Å². The number of nitrogens with one attached hydrogen (secondary N) is 1. The van der Waals surface area contributed by atoms with Crippen molar-refractivity contribution in [3.8, 4) is 0 Å². The lowest BCUT2D eigenvalue weighted by Gasteiger charge is -2.17. The zero-order chi connectivity index (χ0) is 15.2. The van der Waals surface area contributed by atoms with Crippen molar-refractivity contribution in [3.63, 3.8) is 0 Å². The number of rotatable bonds is 6. The van der Waals surface area contributed by atoms with E-state index < -0.39 is 4.92 Å². The number of amides is 1. The van der Waals surface area contributed by atoms with Crippen LogP contribution >= 0.6 is 0 Å². The Morgan fingerprint density at radius 3 is 2.67 bits per heavy atom. The third kappa shape index (κ3) is 4.01. The molecule has 0 aliphatic heterocycles. The molecule has 0 heterocycles. The van der Waals surface area contributed by atoms with Gasteiger partial charge in [0.1, 0.15) is 0 Å². The van der Waals surface area contributed by atoms with Crippen LogP contribution in [0, 0.1) is 22.0 Å². The molecule has 114 valence electrons. The number of nitro benzene ring substituents is 1. The van der Waals surface area contributed by atoms with Gasteiger partial charge in [0.05, 0.1) is 4.92 Å². The van der Waals surface area contributed by atoms with Crippen molar-refractivity contribution in [2.45, 2.75) is 25.7 Å². The Bertz CT molecular complexity index is 501. The monoisotopic (exact) mass is 291 g/mol. The van der Waals surface area contributed by atoms with E-state index in [1.54, 1.807) is 12.1 Å². The molecule has 6 heteroatoms. The lowest BCUT2D eigenvalue weighted by Crippen LogP contribution is -2.36. The average Bonchev–Trinajstić information content (AvgIpc) is 2.96. The molecular formula is C15H21N3O3. The van der Waals surface area contributed by atoms with Gasteiger partial charge in [-0.1, -0.05) is 18.6 Å². The molecule has 2 rings (SSSR count). The van der Waals surface area contributed by atoms with E-state index in [2.05, 4.69) is 5.32 Å². The van der Waals surface area contributed by atoms with Crippen molar-refractivity contribution in [2.24, 2.45) is 17.6 Å². The minimum absolute atomic E-state index is 0.0480. The molecule has 1 aliphatic carbocycles. The standard InChI is InChI=1S/C15H21N3O3/c16-10-12-2-1-3-14(12)15(19)17-9-8-11-4-6-13(7-5-11)18(20)21/h4-7,12,14H,1-3,8-10,16H2,(H,17,19). The molecule has 3 N–H and O–H groups in total. The summed E-state index contributed by atoms with van der Waals surface area (Å²) in [4.78, 5) is 22.2. The van der Waals surface area contributed by atoms with Gasteiger partial charge in [-0.3, -0.25) is 14.9 Å². The van der Waals surface area contributed by atoms with Crippen molar-refractivity contribution < 1.29 is 9.72 Å². The predicted molar refractivity (Wildman–Crippen MR) is 79.7 cm³/mol. The number of hydrogen-bond donors (Lipinski definition) is 2. The zero-order valence-electron chi connectivity index (χ0n) is 12.0. The van der Waals surface area contributed by atoms with Gasteiger partial charge in [-0.25, -0.2) is 0 Å². The number of hydrogen-bond acceptors (Lipinski definition) is 4. The Balaban J connectivity index is 1.78. The number of nitrogens with two attached hydrogens (primary N) is 1. The van der Waals surface area contributed by atoms with Gasteiger partial charge in [0.25, 0.3) is 5.69 Å². The average molecular weight is 291 g/mol. The second-order valence-corrected chi connectivity index (χ2v) is 5.50. The molecule has 0 bridgehead atoms. The summed E-state index contributed by atoms with van der Waals surface area (Å²) >= 11 is 0. The van der Waals surface area contributed by atoms with Crippen LogP contribution in [0.1, 0.15) is 24.8 Å². The summed E-state index contributed by atoms with van der Waals surface area (Å²) in [6, 6.07) is 6.42. The Morgan fingerprint density at radius 2 is 2.05 bits per heavy atom. The number of nitro groups is 1. The third-order valence-electron chi connectivity index (χ3n) is 4.16. The lowest BCUT2D eigenvalue weighted by atomic mass is 9.95. The summed E-state index contributed by atoms with van der Waals surface area (Å²) in [7, 11) is 0. The van der Waals surface area contributed by atoms with Gasteiger partial charge >= 0.3 is 0 Å². The lowest BCUT2D eigenvalue weighted by molar-refractivity contribution is -0.384. The SMILES string of the molecule is NCC1CCCC1C(=O)NCCc1ccc([N+](=O)[O-])cc1. The van der Waals surface area contributed by atoms with E-state index in [0.29, 0.717) is 25.4 Å².